The van der Waals surface area contributed by atoms with Crippen molar-refractivity contribution >= 4 is 126 Å². The van der Waals surface area contributed by atoms with E-state index in [2.05, 4.69) is 115 Å². The number of anilines is 1. The van der Waals surface area contributed by atoms with Crippen molar-refractivity contribution in [3.05, 3.63) is 90.5 Å². The average molecular weight is 613 g/mol. The van der Waals surface area contributed by atoms with Crippen molar-refractivity contribution in [3.63, 3.8) is 0 Å². The maximum Gasteiger partial charge on any atom is 0.0890 e. The van der Waals surface area contributed by atoms with Crippen molar-refractivity contribution in [2.75, 3.05) is 4.72 Å². The highest BCUT2D eigenvalue weighted by Crippen LogP contribution is 2.48. The van der Waals surface area contributed by atoms with Crippen LogP contribution in [0.25, 0.3) is 70.6 Å². The van der Waals surface area contributed by atoms with Gasteiger partial charge in [0.25, 0.3) is 0 Å². The number of nitrogens with two attached hydrogens (primary N) is 1. The van der Waals surface area contributed by atoms with Gasteiger partial charge in [0.1, 0.15) is 0 Å². The van der Waals surface area contributed by atoms with Crippen LogP contribution >= 0.6 is 70.8 Å². The van der Waals surface area contributed by atoms with E-state index in [-0.39, 0.29) is 5.37 Å². The van der Waals surface area contributed by atoms with E-state index >= 15 is 0 Å². The summed E-state index contributed by atoms with van der Waals surface area (Å²) in [4.78, 5) is 2.57. The molecule has 2 nitrogen and oxygen atoms in total. The third-order valence-electron chi connectivity index (χ3n) is 7.22. The van der Waals surface area contributed by atoms with Gasteiger partial charge in [-0.05, 0) is 76.0 Å². The Morgan fingerprint density at radius 1 is 0.615 bits per heavy atom. The fourth-order valence-electron chi connectivity index (χ4n) is 5.22. The Balaban J connectivity index is 1.25. The molecule has 0 saturated carbocycles. The Kier molecular flexibility index (Phi) is 5.75. The van der Waals surface area contributed by atoms with Crippen LogP contribution in [0.3, 0.4) is 0 Å². The molecule has 1 atom stereocenters. The number of thiol groups is 2. The SMILES string of the molecule is N[C@@H](S)c1ccc(-c2cc3cc4sc5sc6cc7cc(-c8ccc(NS)cc8)sc7cc6c5c4cc3s2)cc1. The second-order valence-corrected chi connectivity index (χ2v) is 14.9. The quantitative estimate of drug-likeness (QED) is 0.118. The molecule has 4 aromatic carbocycles. The van der Waals surface area contributed by atoms with Crippen LogP contribution < -0.4 is 10.5 Å². The monoisotopic (exact) mass is 612 g/mol. The Hall–Kier alpha value is -2.56. The molecule has 0 spiro atoms. The first kappa shape index (κ1) is 24.3. The lowest BCUT2D eigenvalue weighted by atomic mass is 10.1. The van der Waals surface area contributed by atoms with Crippen LogP contribution in [0.15, 0.2) is 84.9 Å². The van der Waals surface area contributed by atoms with Crippen LogP contribution in [-0.4, -0.2) is 0 Å². The van der Waals surface area contributed by atoms with Gasteiger partial charge in [0.05, 0.1) is 9.39 Å². The molecule has 3 N–H and O–H groups in total. The summed E-state index contributed by atoms with van der Waals surface area (Å²) in [6, 6.07) is 31.1. The Bertz CT molecular complexity index is 2180. The molecule has 4 aromatic heterocycles. The molecule has 8 rings (SSSR count). The van der Waals surface area contributed by atoms with Crippen LogP contribution in [0.2, 0.25) is 0 Å². The van der Waals surface area contributed by atoms with E-state index in [1.54, 1.807) is 0 Å². The Morgan fingerprint density at radius 3 is 1.62 bits per heavy atom. The van der Waals surface area contributed by atoms with E-state index in [1.165, 1.54) is 70.6 Å². The Morgan fingerprint density at radius 2 is 1.13 bits per heavy atom. The first-order chi connectivity index (χ1) is 19.0. The molecule has 0 bridgehead atoms. The van der Waals surface area contributed by atoms with E-state index in [1.807, 2.05) is 45.3 Å². The van der Waals surface area contributed by atoms with Crippen molar-refractivity contribution in [2.24, 2.45) is 5.73 Å². The summed E-state index contributed by atoms with van der Waals surface area (Å²) in [6.45, 7) is 0. The molecule has 0 aliphatic rings. The lowest BCUT2D eigenvalue weighted by Crippen LogP contribution is -2.01. The van der Waals surface area contributed by atoms with Gasteiger partial charge < -0.3 is 10.5 Å². The third-order valence-corrected chi connectivity index (χ3v) is 12.5. The maximum atomic E-state index is 5.92. The summed E-state index contributed by atoms with van der Waals surface area (Å²) < 4.78 is 9.68. The molecular weight excluding hydrogens is 593 g/mol. The van der Waals surface area contributed by atoms with Crippen LogP contribution in [0.1, 0.15) is 10.9 Å². The predicted octanol–water partition coefficient (Wildman–Crippen LogP) is 11.2. The van der Waals surface area contributed by atoms with E-state index < -0.39 is 0 Å². The standard InChI is InChI=1S/C31H20N2S6/c32-30(34)17-3-1-15(2-4-17)23-9-18-11-27-21(13-25(18)36-23)29-22-14-26-19(12-28(22)39-31(29)38-27)10-24(37-26)16-5-7-20(33-35)8-6-16/h1-14,30,33-35H,32H2/t30-/m0/s1. The van der Waals surface area contributed by atoms with Crippen molar-refractivity contribution in [2.45, 2.75) is 5.37 Å². The molecule has 0 radical (unpaired) electrons. The van der Waals surface area contributed by atoms with Gasteiger partial charge in [-0.3, -0.25) is 0 Å². The molecule has 0 aliphatic carbocycles. The minimum atomic E-state index is -0.250. The van der Waals surface area contributed by atoms with Gasteiger partial charge in [-0.25, -0.2) is 0 Å². The molecule has 8 heteroatoms. The second-order valence-electron chi connectivity index (χ2n) is 9.62. The summed E-state index contributed by atoms with van der Waals surface area (Å²) >= 11 is 16.1. The molecular formula is C31H20N2S6. The van der Waals surface area contributed by atoms with Gasteiger partial charge in [0, 0.05) is 50.4 Å². The minimum absolute atomic E-state index is 0.250. The normalized spacial score (nSPS) is 12.9. The number of fused-ring (bicyclic) bond motifs is 7. The lowest BCUT2D eigenvalue weighted by molar-refractivity contribution is 1.04. The van der Waals surface area contributed by atoms with Crippen LogP contribution in [0.4, 0.5) is 5.69 Å². The molecule has 0 aliphatic heterocycles. The number of hydrogen-bond donors (Lipinski definition) is 4. The zero-order valence-corrected chi connectivity index (χ0v) is 25.3. The first-order valence-corrected chi connectivity index (χ1v) is 16.6. The van der Waals surface area contributed by atoms with Crippen LogP contribution in [0.5, 0.6) is 0 Å². The summed E-state index contributed by atoms with van der Waals surface area (Å²) in [5.74, 6) is 0. The first-order valence-electron chi connectivity index (χ1n) is 12.3. The fraction of sp³-hybridized carbons (Fsp3) is 0.0323. The molecule has 4 heterocycles. The largest absolute Gasteiger partial charge is 0.332 e. The highest BCUT2D eigenvalue weighted by molar-refractivity contribution is 7.81. The maximum absolute atomic E-state index is 5.92. The van der Waals surface area contributed by atoms with Crippen LogP contribution in [-0.2, 0) is 0 Å². The molecule has 8 aromatic rings. The van der Waals surface area contributed by atoms with E-state index in [0.717, 1.165) is 11.3 Å². The summed E-state index contributed by atoms with van der Waals surface area (Å²) in [5.41, 5.74) is 10.4. The van der Waals surface area contributed by atoms with E-state index in [0.29, 0.717) is 0 Å². The van der Waals surface area contributed by atoms with Gasteiger partial charge in [-0.1, -0.05) is 49.2 Å². The zero-order chi connectivity index (χ0) is 26.2. The Labute approximate surface area is 251 Å². The minimum Gasteiger partial charge on any atom is -0.332 e. The highest BCUT2D eigenvalue weighted by Gasteiger charge is 2.16. The van der Waals surface area contributed by atoms with Gasteiger partial charge in [-0.15, -0.1) is 45.3 Å². The van der Waals surface area contributed by atoms with Crippen LogP contribution in [0, 0.1) is 0 Å². The smallest absolute Gasteiger partial charge is 0.0890 e. The van der Waals surface area contributed by atoms with Gasteiger partial charge in [-0.2, -0.15) is 12.6 Å². The fourth-order valence-corrected chi connectivity index (χ4v) is 10.4. The number of thiophene rings is 4. The topological polar surface area (TPSA) is 38.0 Å². The molecule has 0 saturated heterocycles. The number of nitrogens with one attached hydrogen (secondary N) is 1. The third kappa shape index (κ3) is 4.01. The lowest BCUT2D eigenvalue weighted by Gasteiger charge is -2.05. The molecule has 39 heavy (non-hydrogen) atoms. The number of rotatable bonds is 4. The van der Waals surface area contributed by atoms with E-state index in [9.17, 15) is 0 Å². The van der Waals surface area contributed by atoms with E-state index in [4.69, 9.17) is 5.73 Å². The van der Waals surface area contributed by atoms with Crippen molar-refractivity contribution < 1.29 is 0 Å². The van der Waals surface area contributed by atoms with Crippen molar-refractivity contribution in [1.82, 2.24) is 0 Å². The van der Waals surface area contributed by atoms with Gasteiger partial charge in [0.15, 0.2) is 0 Å². The van der Waals surface area contributed by atoms with Gasteiger partial charge >= 0.3 is 0 Å². The summed E-state index contributed by atoms with van der Waals surface area (Å²) in [7, 11) is 0. The molecule has 0 unspecified atom stereocenters. The predicted molar refractivity (Wildman–Crippen MR) is 185 cm³/mol. The van der Waals surface area contributed by atoms with Crippen molar-refractivity contribution in [3.8, 4) is 20.9 Å². The number of benzene rings is 4. The summed E-state index contributed by atoms with van der Waals surface area (Å²) in [5, 5.41) is 6.50. The second kappa shape index (κ2) is 9.24. The highest BCUT2D eigenvalue weighted by atomic mass is 32.2. The zero-order valence-electron chi connectivity index (χ0n) is 20.3. The van der Waals surface area contributed by atoms with Gasteiger partial charge in [0.2, 0.25) is 0 Å². The molecule has 0 amide bonds. The number of hydrogen-bond acceptors (Lipinski definition) is 8. The van der Waals surface area contributed by atoms with Crippen molar-refractivity contribution in [1.29, 1.82) is 0 Å². The summed E-state index contributed by atoms with van der Waals surface area (Å²) in [6.07, 6.45) is 0. The molecule has 0 fully saturated rings. The average Bonchev–Trinajstić information content (AvgIpc) is 3.71. The molecule has 190 valence electrons.